The average molecular weight is 339 g/mol. The number of carbonyl (C=O) groups excluding carboxylic acids is 1. The van der Waals surface area contributed by atoms with E-state index in [4.69, 9.17) is 4.74 Å². The smallest absolute Gasteiger partial charge is 0.387 e. The maximum absolute atomic E-state index is 12.6. The molecule has 0 aromatic heterocycles. The highest BCUT2D eigenvalue weighted by molar-refractivity contribution is 5.74. The van der Waals surface area contributed by atoms with Gasteiger partial charge >= 0.3 is 6.61 Å². The topological polar surface area (TPSA) is 42.0 Å². The summed E-state index contributed by atoms with van der Waals surface area (Å²) in [5, 5.41) is 0. The summed E-state index contributed by atoms with van der Waals surface area (Å²) >= 11 is 0. The summed E-state index contributed by atoms with van der Waals surface area (Å²) in [6.45, 7) is 2.86. The number of anilines is 1. The highest BCUT2D eigenvalue weighted by Crippen LogP contribution is 2.36. The quantitative estimate of drug-likeness (QED) is 0.799. The van der Waals surface area contributed by atoms with Crippen LogP contribution in [0.15, 0.2) is 18.2 Å². The molecule has 1 saturated heterocycles. The van der Waals surface area contributed by atoms with E-state index in [0.29, 0.717) is 37.9 Å². The summed E-state index contributed by atoms with van der Waals surface area (Å²) in [6.07, 6.45) is 2.24. The molecule has 0 spiro atoms. The Hall–Kier alpha value is -2.05. The predicted molar refractivity (Wildman–Crippen MR) is 85.2 cm³/mol. The van der Waals surface area contributed by atoms with E-state index in [2.05, 4.69) is 9.64 Å². The zero-order chi connectivity index (χ0) is 17.1. The first-order chi connectivity index (χ1) is 11.5. The van der Waals surface area contributed by atoms with E-state index < -0.39 is 6.61 Å². The van der Waals surface area contributed by atoms with E-state index in [-0.39, 0.29) is 11.7 Å². The van der Waals surface area contributed by atoms with Crippen LogP contribution in [0.2, 0.25) is 0 Å². The lowest BCUT2D eigenvalue weighted by Gasteiger charge is -2.35. The molecule has 24 heavy (non-hydrogen) atoms. The second kappa shape index (κ2) is 7.23. The number of benzene rings is 1. The van der Waals surface area contributed by atoms with Crippen LogP contribution in [-0.4, -0.2) is 43.7 Å². The molecule has 131 valence electrons. The Morgan fingerprint density at radius 1 is 1.29 bits per heavy atom. The van der Waals surface area contributed by atoms with Gasteiger partial charge in [0.05, 0.1) is 13.2 Å². The molecule has 0 N–H and O–H groups in total. The van der Waals surface area contributed by atoms with Crippen molar-refractivity contribution >= 4 is 11.6 Å². The Morgan fingerprint density at radius 2 is 2.08 bits per heavy atom. The molecule has 1 saturated carbocycles. The Bertz CT molecular complexity index is 585. The van der Waals surface area contributed by atoms with E-state index >= 15 is 0 Å². The molecular formula is C17H21F2N2O3. The Balaban J connectivity index is 1.70. The second-order valence-corrected chi connectivity index (χ2v) is 6.10. The molecule has 5 nitrogen and oxygen atoms in total. The van der Waals surface area contributed by atoms with E-state index in [1.54, 1.807) is 17.0 Å². The second-order valence-electron chi connectivity index (χ2n) is 6.10. The highest BCUT2D eigenvalue weighted by Gasteiger charge is 2.24. The van der Waals surface area contributed by atoms with E-state index in [1.165, 1.54) is 13.0 Å². The number of nitrogens with zero attached hydrogens (tertiary/aromatic N) is 2. The number of alkyl halides is 2. The van der Waals surface area contributed by atoms with Gasteiger partial charge in [0.25, 0.3) is 0 Å². The third kappa shape index (κ3) is 4.27. The first-order valence-electron chi connectivity index (χ1n) is 8.10. The molecule has 1 aliphatic carbocycles. The fourth-order valence-electron chi connectivity index (χ4n) is 2.62. The van der Waals surface area contributed by atoms with Crippen molar-refractivity contribution in [1.82, 2.24) is 4.90 Å². The molecule has 7 heteroatoms. The van der Waals surface area contributed by atoms with Gasteiger partial charge in [-0.15, -0.1) is 0 Å². The summed E-state index contributed by atoms with van der Waals surface area (Å²) in [6, 6.07) is 4.98. The van der Waals surface area contributed by atoms with Crippen LogP contribution in [0.3, 0.4) is 0 Å². The van der Waals surface area contributed by atoms with Crippen molar-refractivity contribution in [3.63, 3.8) is 0 Å². The zero-order valence-corrected chi connectivity index (χ0v) is 13.6. The van der Waals surface area contributed by atoms with Crippen molar-refractivity contribution < 1.29 is 23.0 Å². The molecule has 1 aromatic rings. The first-order valence-corrected chi connectivity index (χ1v) is 8.10. The van der Waals surface area contributed by atoms with Crippen LogP contribution >= 0.6 is 0 Å². The molecule has 1 heterocycles. The molecule has 0 atom stereocenters. The van der Waals surface area contributed by atoms with Crippen molar-refractivity contribution in [3.8, 4) is 11.5 Å². The van der Waals surface area contributed by atoms with Gasteiger partial charge in [0.15, 0.2) is 11.5 Å². The van der Waals surface area contributed by atoms with Crippen LogP contribution in [0.4, 0.5) is 14.5 Å². The molecule has 2 fully saturated rings. The lowest BCUT2D eigenvalue weighted by Crippen LogP contribution is -2.45. The zero-order valence-electron chi connectivity index (χ0n) is 13.6. The Morgan fingerprint density at radius 3 is 2.67 bits per heavy atom. The standard InChI is InChI=1S/C17H21F2N2O3/c1-12(22)20-6-8-21(9-7-20)14-4-5-15(24-17(18)19)16(10-14)23-11-13-2-3-13/h4-6,10,13,17H,2-3,7-9,11H2,1H3. The monoisotopic (exact) mass is 339 g/mol. The number of halogens is 2. The Kier molecular flexibility index (Phi) is 5.06. The normalized spacial score (nSPS) is 18.0. The van der Waals surface area contributed by atoms with Gasteiger partial charge in [-0.2, -0.15) is 8.78 Å². The summed E-state index contributed by atoms with van der Waals surface area (Å²) < 4.78 is 35.4. The number of rotatable bonds is 6. The minimum absolute atomic E-state index is 0.0174. The fourth-order valence-corrected chi connectivity index (χ4v) is 2.62. The van der Waals surface area contributed by atoms with Crippen LogP contribution in [0.25, 0.3) is 0 Å². The molecule has 3 rings (SSSR count). The maximum atomic E-state index is 12.6. The molecule has 1 aliphatic heterocycles. The van der Waals surface area contributed by atoms with Gasteiger partial charge in [-0.25, -0.2) is 0 Å². The van der Waals surface area contributed by atoms with E-state index in [0.717, 1.165) is 18.5 Å². The third-order valence-electron chi connectivity index (χ3n) is 4.22. The van der Waals surface area contributed by atoms with Crippen LogP contribution in [-0.2, 0) is 4.79 Å². The van der Waals surface area contributed by atoms with Crippen LogP contribution in [0.1, 0.15) is 19.8 Å². The minimum atomic E-state index is -2.88. The molecule has 1 amide bonds. The van der Waals surface area contributed by atoms with Gasteiger partial charge in [0.2, 0.25) is 5.91 Å². The van der Waals surface area contributed by atoms with Gasteiger partial charge in [-0.05, 0) is 30.9 Å². The van der Waals surface area contributed by atoms with Crippen molar-refractivity contribution in [2.75, 3.05) is 31.1 Å². The van der Waals surface area contributed by atoms with E-state index in [9.17, 15) is 13.6 Å². The summed E-state index contributed by atoms with van der Waals surface area (Å²) in [5.41, 5.74) is 0.863. The van der Waals surface area contributed by atoms with E-state index in [1.807, 2.05) is 6.54 Å². The number of ether oxygens (including phenoxy) is 2. The number of piperazine rings is 1. The molecule has 0 unspecified atom stereocenters. The lowest BCUT2D eigenvalue weighted by atomic mass is 10.2. The summed E-state index contributed by atoms with van der Waals surface area (Å²) in [4.78, 5) is 15.1. The summed E-state index contributed by atoms with van der Waals surface area (Å²) in [7, 11) is 0. The first kappa shape index (κ1) is 16.8. The van der Waals surface area contributed by atoms with Crippen molar-refractivity contribution in [1.29, 1.82) is 0 Å². The Labute approximate surface area is 140 Å². The largest absolute Gasteiger partial charge is 0.489 e. The van der Waals surface area contributed by atoms with Gasteiger partial charge < -0.3 is 19.3 Å². The molecular weight excluding hydrogens is 318 g/mol. The highest BCUT2D eigenvalue weighted by atomic mass is 19.3. The van der Waals surface area contributed by atoms with Crippen molar-refractivity contribution in [2.45, 2.75) is 26.4 Å². The number of carbonyl (C=O) groups is 1. The van der Waals surface area contributed by atoms with Crippen LogP contribution in [0, 0.1) is 12.5 Å². The number of hydrogen-bond donors (Lipinski definition) is 0. The number of hydrogen-bond acceptors (Lipinski definition) is 4. The maximum Gasteiger partial charge on any atom is 0.387 e. The predicted octanol–water partition coefficient (Wildman–Crippen LogP) is 2.91. The molecule has 1 radical (unpaired) electrons. The van der Waals surface area contributed by atoms with Crippen molar-refractivity contribution in [3.05, 3.63) is 24.7 Å². The van der Waals surface area contributed by atoms with Gasteiger partial charge in [-0.3, -0.25) is 4.79 Å². The van der Waals surface area contributed by atoms with Gasteiger partial charge in [0.1, 0.15) is 0 Å². The fraction of sp³-hybridized carbons (Fsp3) is 0.529. The third-order valence-corrected chi connectivity index (χ3v) is 4.22. The van der Waals surface area contributed by atoms with Crippen molar-refractivity contribution in [2.24, 2.45) is 5.92 Å². The summed E-state index contributed by atoms with van der Waals surface area (Å²) in [5.74, 6) is 0.929. The minimum Gasteiger partial charge on any atom is -0.489 e. The number of amides is 1. The molecule has 1 aromatic carbocycles. The SMILES string of the molecule is CC(=O)N1[CH]CN(c2ccc(OC(F)F)c(OCC3CC3)c2)CC1. The van der Waals surface area contributed by atoms with Gasteiger partial charge in [0, 0.05) is 38.3 Å². The lowest BCUT2D eigenvalue weighted by molar-refractivity contribution is -0.127. The average Bonchev–Trinajstić information content (AvgIpc) is 3.38. The molecule has 2 aliphatic rings. The van der Waals surface area contributed by atoms with Crippen LogP contribution < -0.4 is 14.4 Å². The molecule has 0 bridgehead atoms. The van der Waals surface area contributed by atoms with Gasteiger partial charge in [-0.1, -0.05) is 0 Å². The van der Waals surface area contributed by atoms with Crippen LogP contribution in [0.5, 0.6) is 11.5 Å².